The molecule has 0 amide bonds. The van der Waals surface area contributed by atoms with E-state index in [2.05, 4.69) is 19.2 Å². The van der Waals surface area contributed by atoms with Gasteiger partial charge in [-0.15, -0.1) is 0 Å². The van der Waals surface area contributed by atoms with Crippen LogP contribution in [0.25, 0.3) is 0 Å². The monoisotopic (exact) mass is 215 g/mol. The van der Waals surface area contributed by atoms with Gasteiger partial charge in [0.05, 0.1) is 6.10 Å². The minimum absolute atomic E-state index is 0.406. The second-order valence-electron chi connectivity index (χ2n) is 4.42. The maximum atomic E-state index is 5.89. The summed E-state index contributed by atoms with van der Waals surface area (Å²) in [6, 6.07) is 1.19. The highest BCUT2D eigenvalue weighted by atomic mass is 16.5. The van der Waals surface area contributed by atoms with Crippen LogP contribution >= 0.6 is 0 Å². The third kappa shape index (κ3) is 4.49. The van der Waals surface area contributed by atoms with Crippen LogP contribution in [0.1, 0.15) is 39.5 Å². The van der Waals surface area contributed by atoms with Crippen LogP contribution in [0.15, 0.2) is 0 Å². The van der Waals surface area contributed by atoms with E-state index >= 15 is 0 Å². The Balaban J connectivity index is 2.20. The van der Waals surface area contributed by atoms with E-state index in [0.717, 1.165) is 26.1 Å². The van der Waals surface area contributed by atoms with Crippen molar-refractivity contribution >= 4 is 0 Å². The molecule has 3 nitrogen and oxygen atoms in total. The zero-order chi connectivity index (χ0) is 11.1. The Morgan fingerprint density at radius 1 is 1.27 bits per heavy atom. The Hall–Kier alpha value is -0.120. The van der Waals surface area contributed by atoms with E-state index in [0.29, 0.717) is 18.2 Å². The number of hydrogen-bond donors (Lipinski definition) is 1. The van der Waals surface area contributed by atoms with Crippen molar-refractivity contribution in [3.63, 3.8) is 0 Å². The van der Waals surface area contributed by atoms with E-state index in [1.54, 1.807) is 7.11 Å². The second-order valence-corrected chi connectivity index (χ2v) is 4.42. The van der Waals surface area contributed by atoms with Gasteiger partial charge in [-0.3, -0.25) is 0 Å². The van der Waals surface area contributed by atoms with Crippen molar-refractivity contribution < 1.29 is 9.47 Å². The van der Waals surface area contributed by atoms with Crippen molar-refractivity contribution in [2.75, 3.05) is 20.3 Å². The van der Waals surface area contributed by atoms with Gasteiger partial charge in [0.15, 0.2) is 0 Å². The van der Waals surface area contributed by atoms with Crippen molar-refractivity contribution in [1.82, 2.24) is 5.32 Å². The van der Waals surface area contributed by atoms with Gasteiger partial charge in [0.2, 0.25) is 0 Å². The quantitative estimate of drug-likeness (QED) is 0.687. The molecule has 1 aliphatic rings. The maximum absolute atomic E-state index is 5.89. The molecule has 1 heterocycles. The Labute approximate surface area is 93.5 Å². The predicted molar refractivity (Wildman–Crippen MR) is 62.1 cm³/mol. The molecule has 1 fully saturated rings. The number of nitrogens with one attached hydrogen (secondary N) is 1. The van der Waals surface area contributed by atoms with Gasteiger partial charge in [-0.05, 0) is 32.6 Å². The summed E-state index contributed by atoms with van der Waals surface area (Å²) in [5, 5.41) is 3.60. The topological polar surface area (TPSA) is 30.5 Å². The molecule has 1 rings (SSSR count). The van der Waals surface area contributed by atoms with Crippen LogP contribution in [0.4, 0.5) is 0 Å². The summed E-state index contributed by atoms with van der Waals surface area (Å²) in [7, 11) is 1.73. The fraction of sp³-hybridized carbons (Fsp3) is 1.00. The Bertz CT molecular complexity index is 164. The Kier molecular flexibility index (Phi) is 6.22. The zero-order valence-corrected chi connectivity index (χ0v) is 10.3. The van der Waals surface area contributed by atoms with Gasteiger partial charge < -0.3 is 14.8 Å². The van der Waals surface area contributed by atoms with Crippen molar-refractivity contribution in [3.8, 4) is 0 Å². The molecule has 0 aromatic rings. The molecule has 0 spiro atoms. The first-order valence-corrected chi connectivity index (χ1v) is 6.14. The first-order valence-electron chi connectivity index (χ1n) is 6.14. The van der Waals surface area contributed by atoms with Crippen LogP contribution in [-0.4, -0.2) is 38.5 Å². The molecule has 90 valence electrons. The number of hydrogen-bond acceptors (Lipinski definition) is 3. The summed E-state index contributed by atoms with van der Waals surface area (Å²) in [5.74, 6) is 0. The van der Waals surface area contributed by atoms with E-state index in [-0.39, 0.29) is 0 Å². The van der Waals surface area contributed by atoms with Crippen molar-refractivity contribution in [2.45, 2.75) is 57.7 Å². The Morgan fingerprint density at radius 2 is 2.07 bits per heavy atom. The third-order valence-corrected chi connectivity index (χ3v) is 3.10. The van der Waals surface area contributed by atoms with Crippen molar-refractivity contribution in [1.29, 1.82) is 0 Å². The lowest BCUT2D eigenvalue weighted by Gasteiger charge is -2.35. The smallest absolute Gasteiger partial charge is 0.0728 e. The number of methoxy groups -OCH3 is 1. The first kappa shape index (κ1) is 12.9. The molecule has 1 N–H and O–H groups in total. The average molecular weight is 215 g/mol. The lowest BCUT2D eigenvalue weighted by molar-refractivity contribution is -0.00764. The molecule has 3 unspecified atom stereocenters. The number of piperidine rings is 1. The average Bonchev–Trinajstić information content (AvgIpc) is 2.26. The fourth-order valence-electron chi connectivity index (χ4n) is 2.19. The molecule has 0 saturated carbocycles. The highest BCUT2D eigenvalue weighted by Gasteiger charge is 2.26. The van der Waals surface area contributed by atoms with Crippen LogP contribution in [0.2, 0.25) is 0 Å². The summed E-state index contributed by atoms with van der Waals surface area (Å²) in [6.45, 7) is 6.10. The van der Waals surface area contributed by atoms with Gasteiger partial charge in [-0.25, -0.2) is 0 Å². The summed E-state index contributed by atoms with van der Waals surface area (Å²) in [4.78, 5) is 0. The summed E-state index contributed by atoms with van der Waals surface area (Å²) in [5.41, 5.74) is 0. The lowest BCUT2D eigenvalue weighted by atomic mass is 9.95. The molecule has 0 bridgehead atoms. The van der Waals surface area contributed by atoms with Crippen molar-refractivity contribution in [2.24, 2.45) is 0 Å². The van der Waals surface area contributed by atoms with E-state index < -0.39 is 0 Å². The van der Waals surface area contributed by atoms with Gasteiger partial charge in [0, 0.05) is 32.4 Å². The van der Waals surface area contributed by atoms with Crippen LogP contribution in [0.3, 0.4) is 0 Å². The second kappa shape index (κ2) is 7.20. The molecule has 3 heteroatoms. The van der Waals surface area contributed by atoms with Gasteiger partial charge in [-0.1, -0.05) is 6.92 Å². The van der Waals surface area contributed by atoms with E-state index in [1.165, 1.54) is 12.8 Å². The van der Waals surface area contributed by atoms with Crippen molar-refractivity contribution in [3.05, 3.63) is 0 Å². The van der Waals surface area contributed by atoms with Crippen LogP contribution in [0.5, 0.6) is 0 Å². The van der Waals surface area contributed by atoms with Crippen LogP contribution in [-0.2, 0) is 9.47 Å². The molecule has 0 aromatic carbocycles. The standard InChI is InChI=1S/C12H25NO2/c1-4-11-12(7-6-10(2)13-11)15-9-5-8-14-3/h10-13H,4-9H2,1-3H3. The normalized spacial score (nSPS) is 31.8. The first-order chi connectivity index (χ1) is 7.27. The largest absolute Gasteiger partial charge is 0.385 e. The van der Waals surface area contributed by atoms with Gasteiger partial charge >= 0.3 is 0 Å². The molecule has 15 heavy (non-hydrogen) atoms. The minimum atomic E-state index is 0.406. The molecule has 3 atom stereocenters. The number of ether oxygens (including phenoxy) is 2. The summed E-state index contributed by atoms with van der Waals surface area (Å²) < 4.78 is 10.9. The molecular weight excluding hydrogens is 190 g/mol. The molecule has 1 saturated heterocycles. The SMILES string of the molecule is CCC1NC(C)CCC1OCCCOC. The highest BCUT2D eigenvalue weighted by Crippen LogP contribution is 2.18. The fourth-order valence-corrected chi connectivity index (χ4v) is 2.19. The number of rotatable bonds is 6. The van der Waals surface area contributed by atoms with Gasteiger partial charge in [0.25, 0.3) is 0 Å². The summed E-state index contributed by atoms with van der Waals surface area (Å²) in [6.07, 6.45) is 4.98. The minimum Gasteiger partial charge on any atom is -0.385 e. The molecule has 0 aliphatic carbocycles. The third-order valence-electron chi connectivity index (χ3n) is 3.10. The van der Waals surface area contributed by atoms with E-state index in [4.69, 9.17) is 9.47 Å². The lowest BCUT2D eigenvalue weighted by Crippen LogP contribution is -2.50. The molecular formula is C12H25NO2. The zero-order valence-electron chi connectivity index (χ0n) is 10.3. The van der Waals surface area contributed by atoms with E-state index in [1.807, 2.05) is 0 Å². The van der Waals surface area contributed by atoms with Crippen LogP contribution in [0, 0.1) is 0 Å². The molecule has 1 aliphatic heterocycles. The summed E-state index contributed by atoms with van der Waals surface area (Å²) >= 11 is 0. The maximum Gasteiger partial charge on any atom is 0.0728 e. The Morgan fingerprint density at radius 3 is 2.73 bits per heavy atom. The van der Waals surface area contributed by atoms with Gasteiger partial charge in [0.1, 0.15) is 0 Å². The van der Waals surface area contributed by atoms with Gasteiger partial charge in [-0.2, -0.15) is 0 Å². The van der Waals surface area contributed by atoms with Crippen LogP contribution < -0.4 is 5.32 Å². The highest BCUT2D eigenvalue weighted by molar-refractivity contribution is 4.84. The predicted octanol–water partition coefficient (Wildman–Crippen LogP) is 1.96. The molecule has 0 radical (unpaired) electrons. The molecule has 0 aromatic heterocycles. The van der Waals surface area contributed by atoms with E-state index in [9.17, 15) is 0 Å².